The highest BCUT2D eigenvalue weighted by Gasteiger charge is 2.22. The number of primary amides is 1. The molecular formula is C9H12N4O2. The Morgan fingerprint density at radius 2 is 2.47 bits per heavy atom. The number of hydrogen-bond acceptors (Lipinski definition) is 5. The quantitative estimate of drug-likeness (QED) is 0.660. The summed E-state index contributed by atoms with van der Waals surface area (Å²) in [5.41, 5.74) is 5.31. The van der Waals surface area contributed by atoms with Gasteiger partial charge in [-0.25, -0.2) is 9.97 Å². The van der Waals surface area contributed by atoms with Crippen LogP contribution in [-0.4, -0.2) is 40.2 Å². The molecule has 6 heteroatoms. The first-order chi connectivity index (χ1) is 7.16. The van der Waals surface area contributed by atoms with Gasteiger partial charge in [0.2, 0.25) is 5.95 Å². The average molecular weight is 208 g/mol. The summed E-state index contributed by atoms with van der Waals surface area (Å²) < 4.78 is 0. The summed E-state index contributed by atoms with van der Waals surface area (Å²) in [5, 5.41) is 9.35. The van der Waals surface area contributed by atoms with Crippen LogP contribution in [0.5, 0.6) is 0 Å². The number of carbonyl (C=O) groups is 1. The Hall–Kier alpha value is -1.69. The minimum atomic E-state index is -0.571. The Kier molecular flexibility index (Phi) is 2.51. The highest BCUT2D eigenvalue weighted by atomic mass is 16.3. The molecule has 6 nitrogen and oxygen atoms in total. The van der Waals surface area contributed by atoms with Crippen LogP contribution in [0.2, 0.25) is 0 Å². The van der Waals surface area contributed by atoms with E-state index in [1.54, 1.807) is 0 Å². The zero-order valence-electron chi connectivity index (χ0n) is 8.13. The molecule has 80 valence electrons. The predicted octanol–water partition coefficient (Wildman–Crippen LogP) is -0.854. The molecular weight excluding hydrogens is 196 g/mol. The van der Waals surface area contributed by atoms with Gasteiger partial charge in [0.25, 0.3) is 5.91 Å². The number of carbonyl (C=O) groups excluding carboxylic acids is 1. The summed E-state index contributed by atoms with van der Waals surface area (Å²) in [6.45, 7) is 1.20. The van der Waals surface area contributed by atoms with E-state index >= 15 is 0 Å². The molecule has 3 N–H and O–H groups in total. The lowest BCUT2D eigenvalue weighted by Crippen LogP contribution is -2.24. The molecule has 1 unspecified atom stereocenters. The molecule has 1 aliphatic rings. The van der Waals surface area contributed by atoms with Gasteiger partial charge in [-0.3, -0.25) is 4.79 Å². The van der Waals surface area contributed by atoms with Crippen LogP contribution in [0.25, 0.3) is 0 Å². The smallest absolute Gasteiger partial charge is 0.267 e. The summed E-state index contributed by atoms with van der Waals surface area (Å²) >= 11 is 0. The monoisotopic (exact) mass is 208 g/mol. The summed E-state index contributed by atoms with van der Waals surface area (Å²) in [7, 11) is 0. The van der Waals surface area contributed by atoms with Crippen LogP contribution in [0.15, 0.2) is 12.3 Å². The number of aromatic nitrogens is 2. The topological polar surface area (TPSA) is 92.3 Å². The zero-order valence-corrected chi connectivity index (χ0v) is 8.13. The lowest BCUT2D eigenvalue weighted by atomic mass is 10.3. The molecule has 0 bridgehead atoms. The van der Waals surface area contributed by atoms with Crippen molar-refractivity contribution in [2.75, 3.05) is 18.0 Å². The maximum atomic E-state index is 10.9. The molecule has 0 spiro atoms. The Morgan fingerprint density at radius 1 is 1.67 bits per heavy atom. The van der Waals surface area contributed by atoms with Crippen LogP contribution in [0.3, 0.4) is 0 Å². The zero-order chi connectivity index (χ0) is 10.8. The van der Waals surface area contributed by atoms with Crippen LogP contribution in [-0.2, 0) is 0 Å². The van der Waals surface area contributed by atoms with Crippen molar-refractivity contribution in [2.45, 2.75) is 12.5 Å². The number of rotatable bonds is 2. The fraction of sp³-hybridized carbons (Fsp3) is 0.444. The van der Waals surface area contributed by atoms with Gasteiger partial charge in [-0.05, 0) is 12.5 Å². The SMILES string of the molecule is NC(=O)c1ccnc(N2CCC(O)C2)n1. The van der Waals surface area contributed by atoms with E-state index in [1.165, 1.54) is 12.3 Å². The van der Waals surface area contributed by atoms with Crippen LogP contribution >= 0.6 is 0 Å². The van der Waals surface area contributed by atoms with Crippen molar-refractivity contribution >= 4 is 11.9 Å². The molecule has 1 amide bonds. The van der Waals surface area contributed by atoms with E-state index in [-0.39, 0.29) is 11.8 Å². The second-order valence-corrected chi connectivity index (χ2v) is 3.49. The summed E-state index contributed by atoms with van der Waals surface area (Å²) in [6, 6.07) is 1.47. The van der Waals surface area contributed by atoms with E-state index in [2.05, 4.69) is 9.97 Å². The van der Waals surface area contributed by atoms with Gasteiger partial charge in [-0.1, -0.05) is 0 Å². The van der Waals surface area contributed by atoms with Gasteiger partial charge in [0.15, 0.2) is 0 Å². The van der Waals surface area contributed by atoms with Crippen molar-refractivity contribution in [3.63, 3.8) is 0 Å². The van der Waals surface area contributed by atoms with Gasteiger partial charge in [-0.15, -0.1) is 0 Å². The fourth-order valence-electron chi connectivity index (χ4n) is 1.56. The van der Waals surface area contributed by atoms with E-state index in [0.717, 1.165) is 0 Å². The van der Waals surface area contributed by atoms with Crippen molar-refractivity contribution in [3.8, 4) is 0 Å². The highest BCUT2D eigenvalue weighted by molar-refractivity contribution is 5.90. The lowest BCUT2D eigenvalue weighted by molar-refractivity contribution is 0.0995. The molecule has 1 aromatic rings. The van der Waals surface area contributed by atoms with Gasteiger partial charge in [0.05, 0.1) is 6.10 Å². The van der Waals surface area contributed by atoms with Crippen LogP contribution in [0.1, 0.15) is 16.9 Å². The normalized spacial score (nSPS) is 20.6. The summed E-state index contributed by atoms with van der Waals surface area (Å²) in [4.78, 5) is 20.8. The maximum absolute atomic E-state index is 10.9. The van der Waals surface area contributed by atoms with Crippen molar-refractivity contribution < 1.29 is 9.90 Å². The Bertz CT molecular complexity index is 382. The molecule has 0 aliphatic carbocycles. The molecule has 1 aliphatic heterocycles. The third kappa shape index (κ3) is 2.04. The fourth-order valence-corrected chi connectivity index (χ4v) is 1.56. The van der Waals surface area contributed by atoms with Gasteiger partial charge in [0, 0.05) is 19.3 Å². The molecule has 1 aromatic heterocycles. The molecule has 2 heterocycles. The third-order valence-corrected chi connectivity index (χ3v) is 2.34. The molecule has 1 atom stereocenters. The summed E-state index contributed by atoms with van der Waals surface area (Å²) in [6.07, 6.45) is 1.85. The third-order valence-electron chi connectivity index (χ3n) is 2.34. The molecule has 0 aromatic carbocycles. The van der Waals surface area contributed by atoms with Gasteiger partial charge in [-0.2, -0.15) is 0 Å². The van der Waals surface area contributed by atoms with E-state index < -0.39 is 5.91 Å². The van der Waals surface area contributed by atoms with Gasteiger partial charge in [0.1, 0.15) is 5.69 Å². The van der Waals surface area contributed by atoms with Crippen molar-refractivity contribution in [3.05, 3.63) is 18.0 Å². The summed E-state index contributed by atoms with van der Waals surface area (Å²) in [5.74, 6) is -0.124. The second kappa shape index (κ2) is 3.82. The molecule has 2 rings (SSSR count). The largest absolute Gasteiger partial charge is 0.391 e. The Morgan fingerprint density at radius 3 is 3.07 bits per heavy atom. The Labute approximate surface area is 86.7 Å². The second-order valence-electron chi connectivity index (χ2n) is 3.49. The highest BCUT2D eigenvalue weighted by Crippen LogP contribution is 2.15. The average Bonchev–Trinajstić information content (AvgIpc) is 2.65. The minimum absolute atomic E-state index is 0.196. The van der Waals surface area contributed by atoms with Gasteiger partial charge >= 0.3 is 0 Å². The van der Waals surface area contributed by atoms with Crippen LogP contribution in [0, 0.1) is 0 Å². The maximum Gasteiger partial charge on any atom is 0.267 e. The number of aliphatic hydroxyl groups excluding tert-OH is 1. The first-order valence-corrected chi connectivity index (χ1v) is 4.72. The first-order valence-electron chi connectivity index (χ1n) is 4.72. The number of amides is 1. The number of aliphatic hydroxyl groups is 1. The minimum Gasteiger partial charge on any atom is -0.391 e. The number of hydrogen-bond donors (Lipinski definition) is 2. The number of anilines is 1. The number of nitrogens with zero attached hydrogens (tertiary/aromatic N) is 3. The lowest BCUT2D eigenvalue weighted by Gasteiger charge is -2.14. The molecule has 0 saturated carbocycles. The number of nitrogens with two attached hydrogens (primary N) is 1. The van der Waals surface area contributed by atoms with Gasteiger partial charge < -0.3 is 15.7 Å². The van der Waals surface area contributed by atoms with Crippen molar-refractivity contribution in [2.24, 2.45) is 5.73 Å². The van der Waals surface area contributed by atoms with E-state index in [0.29, 0.717) is 25.5 Å². The Balaban J connectivity index is 2.21. The van der Waals surface area contributed by atoms with Crippen molar-refractivity contribution in [1.82, 2.24) is 9.97 Å². The standard InChI is InChI=1S/C9H12N4O2/c10-8(15)7-1-3-11-9(12-7)13-4-2-6(14)5-13/h1,3,6,14H,2,4-5H2,(H2,10,15). The van der Waals surface area contributed by atoms with E-state index in [4.69, 9.17) is 5.73 Å². The molecule has 0 radical (unpaired) electrons. The van der Waals surface area contributed by atoms with E-state index in [9.17, 15) is 9.90 Å². The first kappa shape index (κ1) is 9.85. The van der Waals surface area contributed by atoms with Crippen LogP contribution in [0.4, 0.5) is 5.95 Å². The van der Waals surface area contributed by atoms with E-state index in [1.807, 2.05) is 4.90 Å². The van der Waals surface area contributed by atoms with Crippen molar-refractivity contribution in [1.29, 1.82) is 0 Å². The molecule has 1 fully saturated rings. The molecule has 1 saturated heterocycles. The molecule has 15 heavy (non-hydrogen) atoms. The number of β-amino-alcohol motifs (C(OH)–C–C–N with tert-alkyl or cyclic N) is 1. The van der Waals surface area contributed by atoms with Crippen LogP contribution < -0.4 is 10.6 Å². The predicted molar refractivity (Wildman–Crippen MR) is 53.4 cm³/mol.